The summed E-state index contributed by atoms with van der Waals surface area (Å²) in [6, 6.07) is 1.48. The van der Waals surface area contributed by atoms with Gasteiger partial charge in [-0.2, -0.15) is 4.31 Å². The van der Waals surface area contributed by atoms with E-state index in [9.17, 15) is 8.42 Å². The molecule has 0 aromatic carbocycles. The highest BCUT2D eigenvalue weighted by Crippen LogP contribution is 2.37. The van der Waals surface area contributed by atoms with Crippen molar-refractivity contribution in [2.24, 2.45) is 5.92 Å². The molecular weight excluding hydrogens is 381 g/mol. The van der Waals surface area contributed by atoms with Gasteiger partial charge in [0.25, 0.3) is 10.0 Å². The Labute approximate surface area is 129 Å². The first-order valence-corrected chi connectivity index (χ1v) is 9.28. The standard InChI is InChI=1S/C10H12BrCl2NO2S2/c1-6-2-3-14(5-8(6)13)18(15,16)9-4-7(12)10(11)17-9/h4,6,8H,2-3,5H2,1H3. The van der Waals surface area contributed by atoms with Crippen LogP contribution >= 0.6 is 50.5 Å². The van der Waals surface area contributed by atoms with Crippen molar-refractivity contribution in [3.8, 4) is 0 Å². The molecule has 3 nitrogen and oxygen atoms in total. The minimum absolute atomic E-state index is 0.132. The van der Waals surface area contributed by atoms with Gasteiger partial charge < -0.3 is 0 Å². The second-order valence-electron chi connectivity index (χ2n) is 4.33. The molecule has 8 heteroatoms. The van der Waals surface area contributed by atoms with Gasteiger partial charge >= 0.3 is 0 Å². The molecule has 1 aliphatic rings. The van der Waals surface area contributed by atoms with Crippen LogP contribution in [0.2, 0.25) is 5.02 Å². The fourth-order valence-corrected chi connectivity index (χ4v) is 6.20. The average Bonchev–Trinajstić information content (AvgIpc) is 2.64. The van der Waals surface area contributed by atoms with Gasteiger partial charge in [-0.3, -0.25) is 0 Å². The molecular formula is C10H12BrCl2NO2S2. The molecule has 2 heterocycles. The lowest BCUT2D eigenvalue weighted by Gasteiger charge is -2.32. The van der Waals surface area contributed by atoms with Gasteiger partial charge in [-0.15, -0.1) is 22.9 Å². The minimum Gasteiger partial charge on any atom is -0.206 e. The number of hydrogen-bond donors (Lipinski definition) is 0. The Hall–Kier alpha value is 0.670. The fraction of sp³-hybridized carbons (Fsp3) is 0.600. The molecule has 1 aliphatic heterocycles. The van der Waals surface area contributed by atoms with Crippen molar-refractivity contribution in [3.63, 3.8) is 0 Å². The van der Waals surface area contributed by atoms with Crippen molar-refractivity contribution in [1.82, 2.24) is 4.31 Å². The van der Waals surface area contributed by atoms with Crippen LogP contribution in [-0.2, 0) is 10.0 Å². The summed E-state index contributed by atoms with van der Waals surface area (Å²) in [5, 5.41) is 0.291. The third-order valence-electron chi connectivity index (χ3n) is 3.05. The molecule has 0 bridgehead atoms. The van der Waals surface area contributed by atoms with Crippen LogP contribution < -0.4 is 0 Å². The van der Waals surface area contributed by atoms with Crippen molar-refractivity contribution in [3.05, 3.63) is 14.9 Å². The molecule has 0 N–H and O–H groups in total. The zero-order valence-electron chi connectivity index (χ0n) is 9.57. The lowest BCUT2D eigenvalue weighted by atomic mass is 10.0. The van der Waals surface area contributed by atoms with Crippen molar-refractivity contribution < 1.29 is 8.42 Å². The Bertz CT molecular complexity index is 527. The van der Waals surface area contributed by atoms with Crippen LogP contribution in [0, 0.1) is 5.92 Å². The van der Waals surface area contributed by atoms with Crippen LogP contribution in [0.25, 0.3) is 0 Å². The normalized spacial score (nSPS) is 26.4. The Morgan fingerprint density at radius 2 is 2.22 bits per heavy atom. The molecule has 0 spiro atoms. The number of piperidine rings is 1. The molecule has 0 radical (unpaired) electrons. The molecule has 2 unspecified atom stereocenters. The van der Waals surface area contributed by atoms with E-state index in [1.54, 1.807) is 0 Å². The molecule has 1 aromatic rings. The Morgan fingerprint density at radius 1 is 1.56 bits per heavy atom. The highest BCUT2D eigenvalue weighted by molar-refractivity contribution is 9.11. The smallest absolute Gasteiger partial charge is 0.206 e. The van der Waals surface area contributed by atoms with Crippen LogP contribution in [0.3, 0.4) is 0 Å². The lowest BCUT2D eigenvalue weighted by Crippen LogP contribution is -2.43. The van der Waals surface area contributed by atoms with Gasteiger partial charge in [0.2, 0.25) is 0 Å². The number of nitrogens with zero attached hydrogens (tertiary/aromatic N) is 1. The maximum Gasteiger partial charge on any atom is 0.252 e. The van der Waals surface area contributed by atoms with E-state index < -0.39 is 10.0 Å². The topological polar surface area (TPSA) is 37.4 Å². The fourth-order valence-electron chi connectivity index (χ4n) is 1.79. The molecule has 1 aromatic heterocycles. The van der Waals surface area contributed by atoms with E-state index >= 15 is 0 Å². The molecule has 1 fully saturated rings. The van der Waals surface area contributed by atoms with Crippen LogP contribution in [0.1, 0.15) is 13.3 Å². The molecule has 2 rings (SSSR count). The predicted octanol–water partition coefficient (Wildman–Crippen LogP) is 3.80. The summed E-state index contributed by atoms with van der Waals surface area (Å²) in [6.07, 6.45) is 0.785. The van der Waals surface area contributed by atoms with Crippen LogP contribution in [0.5, 0.6) is 0 Å². The Morgan fingerprint density at radius 3 is 2.72 bits per heavy atom. The maximum atomic E-state index is 12.4. The summed E-state index contributed by atoms with van der Waals surface area (Å²) in [5.74, 6) is 0.344. The average molecular weight is 393 g/mol. The van der Waals surface area contributed by atoms with E-state index in [-0.39, 0.29) is 9.59 Å². The van der Waals surface area contributed by atoms with Gasteiger partial charge in [-0.1, -0.05) is 18.5 Å². The zero-order chi connectivity index (χ0) is 13.5. The summed E-state index contributed by atoms with van der Waals surface area (Å²) in [4.78, 5) is 0. The van der Waals surface area contributed by atoms with E-state index in [0.29, 0.717) is 27.8 Å². The summed E-state index contributed by atoms with van der Waals surface area (Å²) < 4.78 is 27.1. The van der Waals surface area contributed by atoms with E-state index in [4.69, 9.17) is 23.2 Å². The summed E-state index contributed by atoms with van der Waals surface area (Å²) >= 11 is 16.4. The van der Waals surface area contributed by atoms with Gasteiger partial charge in [0, 0.05) is 18.5 Å². The lowest BCUT2D eigenvalue weighted by molar-refractivity contribution is 0.293. The summed E-state index contributed by atoms with van der Waals surface area (Å²) in [7, 11) is -3.47. The molecule has 0 saturated carbocycles. The van der Waals surface area contributed by atoms with Crippen molar-refractivity contribution >= 4 is 60.5 Å². The first-order chi connectivity index (χ1) is 8.32. The van der Waals surface area contributed by atoms with E-state index in [0.717, 1.165) is 17.8 Å². The van der Waals surface area contributed by atoms with E-state index in [2.05, 4.69) is 15.9 Å². The number of rotatable bonds is 2. The third kappa shape index (κ3) is 2.88. The minimum atomic E-state index is -3.47. The Kier molecular flexibility index (Phi) is 4.67. The number of thiophene rings is 1. The SMILES string of the molecule is CC1CCN(S(=O)(=O)c2cc(Cl)c(Br)s2)CC1Cl. The van der Waals surface area contributed by atoms with E-state index in [1.807, 2.05) is 6.92 Å². The molecule has 1 saturated heterocycles. The first-order valence-electron chi connectivity index (χ1n) is 5.41. The molecule has 102 valence electrons. The van der Waals surface area contributed by atoms with Gasteiger partial charge in [-0.25, -0.2) is 8.42 Å². The molecule has 0 aliphatic carbocycles. The van der Waals surface area contributed by atoms with Crippen molar-refractivity contribution in [2.45, 2.75) is 22.9 Å². The van der Waals surface area contributed by atoms with E-state index in [1.165, 1.54) is 10.4 Å². The van der Waals surface area contributed by atoms with Crippen LogP contribution in [0.15, 0.2) is 14.1 Å². The highest BCUT2D eigenvalue weighted by Gasteiger charge is 2.34. The molecule has 2 atom stereocenters. The summed E-state index contributed by atoms with van der Waals surface area (Å²) in [6.45, 7) is 2.91. The van der Waals surface area contributed by atoms with Crippen molar-refractivity contribution in [1.29, 1.82) is 0 Å². The van der Waals surface area contributed by atoms with Gasteiger partial charge in [0.1, 0.15) is 4.21 Å². The zero-order valence-corrected chi connectivity index (χ0v) is 14.3. The summed E-state index contributed by atoms with van der Waals surface area (Å²) in [5.41, 5.74) is 0. The van der Waals surface area contributed by atoms with Crippen LogP contribution in [-0.4, -0.2) is 31.2 Å². The van der Waals surface area contributed by atoms with Crippen molar-refractivity contribution in [2.75, 3.05) is 13.1 Å². The van der Waals surface area contributed by atoms with Gasteiger partial charge in [0.15, 0.2) is 0 Å². The highest BCUT2D eigenvalue weighted by atomic mass is 79.9. The first kappa shape index (κ1) is 15.1. The largest absolute Gasteiger partial charge is 0.252 e. The maximum absolute atomic E-state index is 12.4. The third-order valence-corrected chi connectivity index (χ3v) is 8.40. The van der Waals surface area contributed by atoms with Gasteiger partial charge in [-0.05, 0) is 34.3 Å². The Balaban J connectivity index is 2.26. The number of sulfonamides is 1. The monoisotopic (exact) mass is 391 g/mol. The quantitative estimate of drug-likeness (QED) is 0.717. The second kappa shape index (κ2) is 5.58. The number of alkyl halides is 1. The second-order valence-corrected chi connectivity index (χ2v) is 9.83. The molecule has 18 heavy (non-hydrogen) atoms. The predicted molar refractivity (Wildman–Crippen MR) is 79.2 cm³/mol. The van der Waals surface area contributed by atoms with Crippen LogP contribution in [0.4, 0.5) is 0 Å². The number of hydrogen-bond acceptors (Lipinski definition) is 3. The molecule has 0 amide bonds. The van der Waals surface area contributed by atoms with Gasteiger partial charge in [0.05, 0.1) is 8.81 Å². The number of halogens is 3.